The molecular weight excluding hydrogens is 512 g/mol. The van der Waals surface area contributed by atoms with Crippen molar-refractivity contribution in [1.82, 2.24) is 29.1 Å². The van der Waals surface area contributed by atoms with E-state index in [1.165, 1.54) is 52.1 Å². The monoisotopic (exact) mass is 529 g/mol. The predicted molar refractivity (Wildman–Crippen MR) is 132 cm³/mol. The van der Waals surface area contributed by atoms with Crippen molar-refractivity contribution >= 4 is 44.8 Å². The van der Waals surface area contributed by atoms with Gasteiger partial charge in [0.1, 0.15) is 35.3 Å². The number of hydrogen-bond donors (Lipinski definition) is 1. The molecule has 5 aromatic rings. The minimum absolute atomic E-state index is 0.00271. The van der Waals surface area contributed by atoms with E-state index in [-0.39, 0.29) is 35.0 Å². The topological polar surface area (TPSA) is 101 Å². The number of rotatable bonds is 4. The molecule has 0 amide bonds. The zero-order chi connectivity index (χ0) is 25.1. The molecule has 36 heavy (non-hydrogen) atoms. The second-order valence-corrected chi connectivity index (χ2v) is 10.2. The largest absolute Gasteiger partial charge is 0.345 e. The van der Waals surface area contributed by atoms with Crippen LogP contribution >= 0.6 is 11.6 Å². The Morgan fingerprint density at radius 1 is 1.25 bits per heavy atom. The third-order valence-electron chi connectivity index (χ3n) is 6.27. The van der Waals surface area contributed by atoms with Crippen molar-refractivity contribution < 1.29 is 13.0 Å². The summed E-state index contributed by atoms with van der Waals surface area (Å²) in [6.07, 6.45) is 4.73. The third kappa shape index (κ3) is 3.51. The SMILES string of the molecule is C[S@@](=O)c1c[nH]c2ncnc(N3C[C@@H](F)C[C@H]3c3nn4ccc(Cl)c4c(=O)n3-c3cccc(F)c3)c12. The molecule has 0 spiro atoms. The van der Waals surface area contributed by atoms with Crippen LogP contribution in [-0.4, -0.2) is 52.3 Å². The van der Waals surface area contributed by atoms with E-state index >= 15 is 4.39 Å². The molecule has 0 saturated carbocycles. The fraction of sp³-hybridized carbons (Fsp3) is 0.217. The van der Waals surface area contributed by atoms with Crippen LogP contribution in [0.1, 0.15) is 18.3 Å². The fourth-order valence-corrected chi connectivity index (χ4v) is 5.68. The molecule has 0 aliphatic carbocycles. The lowest BCUT2D eigenvalue weighted by Gasteiger charge is -2.27. The van der Waals surface area contributed by atoms with Gasteiger partial charge >= 0.3 is 0 Å². The maximum absolute atomic E-state index is 15.0. The van der Waals surface area contributed by atoms with Gasteiger partial charge in [-0.15, -0.1) is 0 Å². The number of benzene rings is 1. The van der Waals surface area contributed by atoms with Gasteiger partial charge in [-0.1, -0.05) is 17.7 Å². The van der Waals surface area contributed by atoms with Crippen LogP contribution in [0.4, 0.5) is 14.6 Å². The van der Waals surface area contributed by atoms with E-state index in [1.54, 1.807) is 17.2 Å². The Morgan fingerprint density at radius 3 is 2.86 bits per heavy atom. The Balaban J connectivity index is 1.62. The smallest absolute Gasteiger partial charge is 0.284 e. The Kier molecular flexibility index (Phi) is 5.38. The first-order valence-electron chi connectivity index (χ1n) is 11.0. The van der Waals surface area contributed by atoms with Gasteiger partial charge in [0, 0.05) is 25.1 Å². The van der Waals surface area contributed by atoms with Crippen molar-refractivity contribution in [3.8, 4) is 5.69 Å². The van der Waals surface area contributed by atoms with Gasteiger partial charge in [0.15, 0.2) is 5.82 Å². The number of nitrogens with one attached hydrogen (secondary N) is 1. The summed E-state index contributed by atoms with van der Waals surface area (Å²) in [4.78, 5) is 27.4. The van der Waals surface area contributed by atoms with Crippen LogP contribution in [0.3, 0.4) is 0 Å². The van der Waals surface area contributed by atoms with E-state index in [9.17, 15) is 13.4 Å². The first kappa shape index (κ1) is 22.8. The molecule has 1 N–H and O–H groups in total. The minimum atomic E-state index is -1.37. The zero-order valence-electron chi connectivity index (χ0n) is 18.7. The summed E-state index contributed by atoms with van der Waals surface area (Å²) >= 11 is 6.26. The molecule has 1 saturated heterocycles. The molecular formula is C23H18ClF2N7O2S. The van der Waals surface area contributed by atoms with E-state index in [0.29, 0.717) is 21.7 Å². The molecule has 4 aromatic heterocycles. The fourth-order valence-electron chi connectivity index (χ4n) is 4.75. The van der Waals surface area contributed by atoms with Gasteiger partial charge in [0.05, 0.1) is 44.4 Å². The highest BCUT2D eigenvalue weighted by atomic mass is 35.5. The number of aromatic nitrogens is 6. The summed E-state index contributed by atoms with van der Waals surface area (Å²) in [5.41, 5.74) is 0.279. The van der Waals surface area contributed by atoms with Gasteiger partial charge in [-0.05, 0) is 24.3 Å². The molecule has 5 heterocycles. The van der Waals surface area contributed by atoms with E-state index < -0.39 is 34.4 Å². The summed E-state index contributed by atoms with van der Waals surface area (Å²) in [5.74, 6) is 0.00695. The van der Waals surface area contributed by atoms with E-state index in [4.69, 9.17) is 11.6 Å². The first-order valence-corrected chi connectivity index (χ1v) is 12.9. The molecule has 1 fully saturated rings. The van der Waals surface area contributed by atoms with Gasteiger partial charge in [-0.3, -0.25) is 13.6 Å². The minimum Gasteiger partial charge on any atom is -0.345 e. The lowest BCUT2D eigenvalue weighted by atomic mass is 10.1. The average Bonchev–Trinajstić information content (AvgIpc) is 3.55. The number of fused-ring (bicyclic) bond motifs is 2. The van der Waals surface area contributed by atoms with Crippen LogP contribution in [0.25, 0.3) is 22.2 Å². The Morgan fingerprint density at radius 2 is 2.08 bits per heavy atom. The van der Waals surface area contributed by atoms with E-state index in [0.717, 1.165) is 0 Å². The number of alkyl halides is 1. The van der Waals surface area contributed by atoms with Crippen LogP contribution in [0.15, 0.2) is 58.7 Å². The van der Waals surface area contributed by atoms with Crippen molar-refractivity contribution in [3.05, 3.63) is 76.1 Å². The van der Waals surface area contributed by atoms with Crippen molar-refractivity contribution in [2.45, 2.75) is 23.5 Å². The highest BCUT2D eigenvalue weighted by molar-refractivity contribution is 7.84. The quantitative estimate of drug-likeness (QED) is 0.382. The van der Waals surface area contributed by atoms with E-state index in [2.05, 4.69) is 20.1 Å². The lowest BCUT2D eigenvalue weighted by molar-refractivity contribution is 0.354. The number of nitrogens with zero attached hydrogens (tertiary/aromatic N) is 6. The summed E-state index contributed by atoms with van der Waals surface area (Å²) < 4.78 is 44.2. The Bertz CT molecular complexity index is 1730. The van der Waals surface area contributed by atoms with Crippen LogP contribution in [0.5, 0.6) is 0 Å². The van der Waals surface area contributed by atoms with Crippen molar-refractivity contribution in [2.24, 2.45) is 0 Å². The molecule has 1 aliphatic rings. The van der Waals surface area contributed by atoms with Crippen LogP contribution < -0.4 is 10.5 Å². The second kappa shape index (κ2) is 8.49. The van der Waals surface area contributed by atoms with Gasteiger partial charge in [0.2, 0.25) is 0 Å². The summed E-state index contributed by atoms with van der Waals surface area (Å²) in [6.45, 7) is -0.0404. The molecule has 3 atom stereocenters. The van der Waals surface area contributed by atoms with Gasteiger partial charge < -0.3 is 9.88 Å². The molecule has 13 heteroatoms. The highest BCUT2D eigenvalue weighted by Gasteiger charge is 2.39. The highest BCUT2D eigenvalue weighted by Crippen LogP contribution is 2.40. The Labute approximate surface area is 209 Å². The number of H-pyrrole nitrogens is 1. The van der Waals surface area contributed by atoms with Crippen LogP contribution in [-0.2, 0) is 10.8 Å². The molecule has 0 bridgehead atoms. The number of aromatic amines is 1. The molecule has 6 rings (SSSR count). The predicted octanol–water partition coefficient (Wildman–Crippen LogP) is 3.58. The summed E-state index contributed by atoms with van der Waals surface area (Å²) in [5, 5.41) is 5.33. The molecule has 0 radical (unpaired) electrons. The molecule has 0 unspecified atom stereocenters. The number of anilines is 1. The van der Waals surface area contributed by atoms with Crippen LogP contribution in [0.2, 0.25) is 5.02 Å². The van der Waals surface area contributed by atoms with Gasteiger partial charge in [-0.25, -0.2) is 23.3 Å². The maximum Gasteiger partial charge on any atom is 0.284 e. The number of halogens is 3. The summed E-state index contributed by atoms with van der Waals surface area (Å²) in [6, 6.07) is 6.30. The van der Waals surface area contributed by atoms with Crippen molar-refractivity contribution in [1.29, 1.82) is 0 Å². The van der Waals surface area contributed by atoms with E-state index in [1.807, 2.05) is 0 Å². The molecule has 1 aliphatic heterocycles. The average molecular weight is 530 g/mol. The van der Waals surface area contributed by atoms with Crippen molar-refractivity contribution in [3.63, 3.8) is 0 Å². The van der Waals surface area contributed by atoms with Gasteiger partial charge in [-0.2, -0.15) is 5.10 Å². The molecule has 184 valence electrons. The second-order valence-electron chi connectivity index (χ2n) is 8.46. The molecule has 9 nitrogen and oxygen atoms in total. The molecule has 1 aromatic carbocycles. The maximum atomic E-state index is 15.0. The van der Waals surface area contributed by atoms with Crippen molar-refractivity contribution in [2.75, 3.05) is 17.7 Å². The summed E-state index contributed by atoms with van der Waals surface area (Å²) in [7, 11) is -1.37. The normalized spacial score (nSPS) is 18.9. The zero-order valence-corrected chi connectivity index (χ0v) is 20.3. The Hall–Kier alpha value is -3.64. The van der Waals surface area contributed by atoms with Crippen LogP contribution in [0, 0.1) is 5.82 Å². The van der Waals surface area contributed by atoms with Gasteiger partial charge in [0.25, 0.3) is 5.56 Å². The standard InChI is InChI=1S/C23H18ClF2N7O2S/c1-36(35)17-9-27-20-18(17)22(29-11-28-20)31-10-13(26)8-16(31)21-30-32-6-5-15(24)19(32)23(34)33(21)14-4-2-3-12(25)7-14/h2-7,9,11,13,16H,8,10H2,1H3,(H,27,28,29)/t13-,16-,36+/m0/s1. The number of hydrogen-bond acceptors (Lipinski definition) is 6. The lowest BCUT2D eigenvalue weighted by Crippen LogP contribution is -2.33. The third-order valence-corrected chi connectivity index (χ3v) is 7.52. The first-order chi connectivity index (χ1) is 17.3.